The van der Waals surface area contributed by atoms with E-state index in [1.165, 1.54) is 12.1 Å². The molecular weight excluding hydrogens is 475 g/mol. The first-order valence-electron chi connectivity index (χ1n) is 10.4. The summed E-state index contributed by atoms with van der Waals surface area (Å²) in [6.45, 7) is 5.34. The Balaban J connectivity index is 2.08. The van der Waals surface area contributed by atoms with Crippen LogP contribution in [0.4, 0.5) is 18.0 Å². The van der Waals surface area contributed by atoms with E-state index in [2.05, 4.69) is 20.4 Å². The fourth-order valence-electron chi connectivity index (χ4n) is 2.80. The van der Waals surface area contributed by atoms with Crippen LogP contribution in [0.1, 0.15) is 45.0 Å². The summed E-state index contributed by atoms with van der Waals surface area (Å²) in [6, 6.07) is 8.05. The third-order valence-electron chi connectivity index (χ3n) is 4.32. The van der Waals surface area contributed by atoms with Crippen molar-refractivity contribution in [2.45, 2.75) is 58.0 Å². The van der Waals surface area contributed by atoms with Gasteiger partial charge in [0.25, 0.3) is 0 Å². The van der Waals surface area contributed by atoms with Crippen molar-refractivity contribution >= 4 is 23.6 Å². The van der Waals surface area contributed by atoms with E-state index in [4.69, 9.17) is 16.3 Å². The molecule has 2 aromatic rings. The minimum Gasteiger partial charge on any atom is -0.483 e. The highest BCUT2D eigenvalue weighted by atomic mass is 35.5. The average Bonchev–Trinajstić information content (AvgIpc) is 2.71. The molecule has 1 aromatic heterocycles. The van der Waals surface area contributed by atoms with Crippen molar-refractivity contribution in [3.05, 3.63) is 58.9 Å². The van der Waals surface area contributed by atoms with Crippen LogP contribution < -0.4 is 15.4 Å². The number of alkyl halides is 3. The number of carbonyl (C=O) groups is 2. The summed E-state index contributed by atoms with van der Waals surface area (Å²) in [5.74, 6) is -0.542. The number of hydrogen-bond acceptors (Lipinski definition) is 5. The number of carbonyl (C=O) groups excluding carboxylic acids is 2. The van der Waals surface area contributed by atoms with Gasteiger partial charge in [-0.25, -0.2) is 4.79 Å². The molecule has 0 saturated carbocycles. The number of rotatable bonds is 8. The normalized spacial score (nSPS) is 13.5. The molecule has 11 heteroatoms. The summed E-state index contributed by atoms with van der Waals surface area (Å²) in [6.07, 6.45) is -3.89. The highest BCUT2D eigenvalue weighted by Gasteiger charge is 2.29. The first-order valence-corrected chi connectivity index (χ1v) is 10.8. The van der Waals surface area contributed by atoms with E-state index in [1.54, 1.807) is 52.0 Å². The predicted molar refractivity (Wildman–Crippen MR) is 121 cm³/mol. The standard InChI is InChI=1S/C23H27ClF3N3O4/c1-14(18-10-9-17(12-28-18)33-13-23(25,26)27)29-20(31)19(30-21(32)34-22(2,3)4)11-15-5-7-16(24)8-6-15/h5-10,12,14,19H,11,13H2,1-4H3,(H,29,31)(H,30,32). The van der Waals surface area contributed by atoms with Crippen molar-refractivity contribution in [1.29, 1.82) is 0 Å². The van der Waals surface area contributed by atoms with Crippen molar-refractivity contribution < 1.29 is 32.2 Å². The lowest BCUT2D eigenvalue weighted by Crippen LogP contribution is -2.49. The van der Waals surface area contributed by atoms with Gasteiger partial charge >= 0.3 is 12.3 Å². The number of benzene rings is 1. The molecule has 0 aliphatic heterocycles. The van der Waals surface area contributed by atoms with Crippen molar-refractivity contribution in [2.75, 3.05) is 6.61 Å². The fourth-order valence-corrected chi connectivity index (χ4v) is 2.93. The van der Waals surface area contributed by atoms with E-state index >= 15 is 0 Å². The Labute approximate surface area is 201 Å². The lowest BCUT2D eigenvalue weighted by Gasteiger charge is -2.24. The van der Waals surface area contributed by atoms with Gasteiger partial charge in [-0.1, -0.05) is 23.7 Å². The lowest BCUT2D eigenvalue weighted by atomic mass is 10.0. The molecular formula is C23H27ClF3N3O4. The molecule has 0 radical (unpaired) electrons. The first-order chi connectivity index (χ1) is 15.7. The molecule has 186 valence electrons. The Hall–Kier alpha value is -3.01. The summed E-state index contributed by atoms with van der Waals surface area (Å²) in [4.78, 5) is 29.4. The van der Waals surface area contributed by atoms with E-state index < -0.39 is 42.5 Å². The lowest BCUT2D eigenvalue weighted by molar-refractivity contribution is -0.153. The zero-order chi connectivity index (χ0) is 25.5. The smallest absolute Gasteiger partial charge is 0.422 e. The number of ether oxygens (including phenoxy) is 2. The Morgan fingerprint density at radius 2 is 1.71 bits per heavy atom. The van der Waals surface area contributed by atoms with Crippen LogP contribution in [0.3, 0.4) is 0 Å². The Morgan fingerprint density at radius 1 is 1.06 bits per heavy atom. The van der Waals surface area contributed by atoms with Crippen molar-refractivity contribution in [3.63, 3.8) is 0 Å². The second-order valence-electron chi connectivity index (χ2n) is 8.58. The highest BCUT2D eigenvalue weighted by molar-refractivity contribution is 6.30. The second-order valence-corrected chi connectivity index (χ2v) is 9.02. The van der Waals surface area contributed by atoms with Gasteiger partial charge in [0, 0.05) is 11.4 Å². The van der Waals surface area contributed by atoms with Gasteiger partial charge in [-0.05, 0) is 57.5 Å². The highest BCUT2D eigenvalue weighted by Crippen LogP contribution is 2.20. The van der Waals surface area contributed by atoms with Gasteiger partial charge in [0.15, 0.2) is 6.61 Å². The number of nitrogens with one attached hydrogen (secondary N) is 2. The molecule has 0 bridgehead atoms. The molecule has 1 aromatic carbocycles. The van der Waals surface area contributed by atoms with E-state index in [1.807, 2.05) is 0 Å². The van der Waals surface area contributed by atoms with Crippen LogP contribution in [0.15, 0.2) is 42.6 Å². The largest absolute Gasteiger partial charge is 0.483 e. The van der Waals surface area contributed by atoms with Crippen LogP contribution in [0.25, 0.3) is 0 Å². The van der Waals surface area contributed by atoms with Crippen LogP contribution >= 0.6 is 11.6 Å². The number of nitrogens with zero attached hydrogens (tertiary/aromatic N) is 1. The molecule has 1 heterocycles. The second kappa shape index (κ2) is 11.4. The summed E-state index contributed by atoms with van der Waals surface area (Å²) in [5, 5.41) is 5.87. The number of aromatic nitrogens is 1. The molecule has 2 amide bonds. The van der Waals surface area contributed by atoms with E-state index in [0.29, 0.717) is 10.7 Å². The minimum atomic E-state index is -4.46. The molecule has 2 N–H and O–H groups in total. The number of hydrogen-bond donors (Lipinski definition) is 2. The molecule has 34 heavy (non-hydrogen) atoms. The van der Waals surface area contributed by atoms with E-state index in [0.717, 1.165) is 11.8 Å². The van der Waals surface area contributed by atoms with Gasteiger partial charge < -0.3 is 20.1 Å². The van der Waals surface area contributed by atoms with Gasteiger partial charge in [-0.15, -0.1) is 0 Å². The number of amides is 2. The van der Waals surface area contributed by atoms with E-state index in [-0.39, 0.29) is 12.2 Å². The fraction of sp³-hybridized carbons (Fsp3) is 0.435. The molecule has 0 spiro atoms. The van der Waals surface area contributed by atoms with Crippen molar-refractivity contribution in [3.8, 4) is 5.75 Å². The van der Waals surface area contributed by atoms with Crippen molar-refractivity contribution in [2.24, 2.45) is 0 Å². The number of halogens is 4. The van der Waals surface area contributed by atoms with E-state index in [9.17, 15) is 22.8 Å². The summed E-state index contributed by atoms with van der Waals surface area (Å²) in [5.41, 5.74) is 0.409. The van der Waals surface area contributed by atoms with Crippen LogP contribution in [0, 0.1) is 0 Å². The maximum atomic E-state index is 13.0. The molecule has 7 nitrogen and oxygen atoms in total. The van der Waals surface area contributed by atoms with Gasteiger partial charge in [0.05, 0.1) is 17.9 Å². The van der Waals surface area contributed by atoms with Gasteiger partial charge in [0.1, 0.15) is 17.4 Å². The number of alkyl carbamates (subject to hydrolysis) is 1. The third kappa shape index (κ3) is 9.86. The molecule has 0 saturated heterocycles. The topological polar surface area (TPSA) is 89.6 Å². The maximum absolute atomic E-state index is 13.0. The predicted octanol–water partition coefficient (Wildman–Crippen LogP) is 4.99. The van der Waals surface area contributed by atoms with Crippen LogP contribution in [0.2, 0.25) is 5.02 Å². The summed E-state index contributed by atoms with van der Waals surface area (Å²) >= 11 is 5.92. The molecule has 0 aliphatic carbocycles. The molecule has 0 aliphatic rings. The average molecular weight is 502 g/mol. The van der Waals surface area contributed by atoms with Gasteiger partial charge in [-0.2, -0.15) is 13.2 Å². The zero-order valence-corrected chi connectivity index (χ0v) is 20.0. The number of pyridine rings is 1. The zero-order valence-electron chi connectivity index (χ0n) is 19.2. The van der Waals surface area contributed by atoms with Crippen LogP contribution in [-0.2, 0) is 16.0 Å². The summed E-state index contributed by atoms with van der Waals surface area (Å²) in [7, 11) is 0. The molecule has 2 unspecified atom stereocenters. The van der Waals surface area contributed by atoms with Crippen molar-refractivity contribution in [1.82, 2.24) is 15.6 Å². The quantitative estimate of drug-likeness (QED) is 0.532. The Morgan fingerprint density at radius 3 is 2.24 bits per heavy atom. The van der Waals surface area contributed by atoms with Gasteiger partial charge in [-0.3, -0.25) is 9.78 Å². The Bertz CT molecular complexity index is 961. The molecule has 2 atom stereocenters. The van der Waals surface area contributed by atoms with Gasteiger partial charge in [0.2, 0.25) is 5.91 Å². The maximum Gasteiger partial charge on any atom is 0.422 e. The van der Waals surface area contributed by atoms with Crippen LogP contribution in [0.5, 0.6) is 5.75 Å². The third-order valence-corrected chi connectivity index (χ3v) is 4.58. The first kappa shape index (κ1) is 27.2. The van der Waals surface area contributed by atoms with Crippen LogP contribution in [-0.4, -0.2) is 41.4 Å². The molecule has 2 rings (SSSR count). The monoisotopic (exact) mass is 501 g/mol. The summed E-state index contributed by atoms with van der Waals surface area (Å²) < 4.78 is 46.8. The molecule has 0 fully saturated rings. The Kier molecular flexibility index (Phi) is 9.14. The minimum absolute atomic E-state index is 0.0493. The SMILES string of the molecule is CC(NC(=O)C(Cc1ccc(Cl)cc1)NC(=O)OC(C)(C)C)c1ccc(OCC(F)(F)F)cn1.